The van der Waals surface area contributed by atoms with Crippen molar-refractivity contribution >= 4 is 27.9 Å². The summed E-state index contributed by atoms with van der Waals surface area (Å²) >= 11 is 1.39. The number of fused-ring (bicyclic) bond motifs is 1. The summed E-state index contributed by atoms with van der Waals surface area (Å²) in [6.45, 7) is 1.87. The Bertz CT molecular complexity index is 851. The molecule has 0 aliphatic carbocycles. The summed E-state index contributed by atoms with van der Waals surface area (Å²) in [6, 6.07) is 4.48. The largest absolute Gasteiger partial charge is 0.416 e. The molecule has 0 spiro atoms. The van der Waals surface area contributed by atoms with Crippen LogP contribution in [0.3, 0.4) is 0 Å². The number of imidazole rings is 1. The minimum atomic E-state index is -4.45. The monoisotopic (exact) mass is 325 g/mol. The van der Waals surface area contributed by atoms with Gasteiger partial charge in [-0.3, -0.25) is 9.20 Å². The summed E-state index contributed by atoms with van der Waals surface area (Å²) in [5, 5.41) is 4.33. The molecular weight excluding hydrogens is 315 g/mol. The number of aromatic nitrogens is 2. The number of thiazole rings is 1. The molecule has 2 heterocycles. The number of nitrogens with one attached hydrogen (secondary N) is 1. The van der Waals surface area contributed by atoms with E-state index in [4.69, 9.17) is 0 Å². The van der Waals surface area contributed by atoms with Crippen LogP contribution in [0, 0.1) is 6.92 Å². The quantitative estimate of drug-likeness (QED) is 0.775. The van der Waals surface area contributed by atoms with Gasteiger partial charge in [-0.05, 0) is 25.1 Å². The molecule has 1 amide bonds. The standard InChI is InChI=1S/C14H10F3N3OS/c1-8-7-22-13-19-11(6-20(8)13)12(21)18-10-4-2-3-9(5-10)14(15,16)17/h2-7H,1H3,(H,18,21). The molecule has 2 aromatic heterocycles. The Hall–Kier alpha value is -2.35. The number of amides is 1. The third-order valence-corrected chi connectivity index (χ3v) is 4.03. The lowest BCUT2D eigenvalue weighted by molar-refractivity contribution is -0.137. The first kappa shape index (κ1) is 14.6. The number of hydrogen-bond acceptors (Lipinski definition) is 3. The maximum absolute atomic E-state index is 12.6. The smallest absolute Gasteiger partial charge is 0.321 e. The number of halogens is 3. The van der Waals surface area contributed by atoms with E-state index in [1.165, 1.54) is 23.5 Å². The van der Waals surface area contributed by atoms with Crippen LogP contribution in [-0.2, 0) is 6.18 Å². The van der Waals surface area contributed by atoms with Gasteiger partial charge >= 0.3 is 6.18 Å². The van der Waals surface area contributed by atoms with Gasteiger partial charge in [0.25, 0.3) is 5.91 Å². The van der Waals surface area contributed by atoms with E-state index in [-0.39, 0.29) is 11.4 Å². The first-order chi connectivity index (χ1) is 10.3. The summed E-state index contributed by atoms with van der Waals surface area (Å²) in [4.78, 5) is 16.9. The number of carbonyl (C=O) groups excluding carboxylic acids is 1. The highest BCUT2D eigenvalue weighted by molar-refractivity contribution is 7.15. The van der Waals surface area contributed by atoms with E-state index < -0.39 is 17.6 Å². The first-order valence-electron chi connectivity index (χ1n) is 6.26. The fourth-order valence-corrected chi connectivity index (χ4v) is 2.82. The summed E-state index contributed by atoms with van der Waals surface area (Å²) in [5.41, 5.74) is 0.359. The zero-order chi connectivity index (χ0) is 15.9. The number of anilines is 1. The normalized spacial score (nSPS) is 11.8. The maximum atomic E-state index is 12.6. The molecule has 1 aromatic carbocycles. The molecule has 22 heavy (non-hydrogen) atoms. The Kier molecular flexibility index (Phi) is 3.40. The molecule has 3 rings (SSSR count). The summed E-state index contributed by atoms with van der Waals surface area (Å²) in [6.07, 6.45) is -2.89. The second kappa shape index (κ2) is 5.13. The van der Waals surface area contributed by atoms with Crippen LogP contribution in [0.4, 0.5) is 18.9 Å². The van der Waals surface area contributed by atoms with Crippen molar-refractivity contribution in [2.45, 2.75) is 13.1 Å². The molecule has 8 heteroatoms. The molecule has 0 saturated carbocycles. The van der Waals surface area contributed by atoms with Crippen molar-refractivity contribution in [3.63, 3.8) is 0 Å². The number of hydrogen-bond donors (Lipinski definition) is 1. The summed E-state index contributed by atoms with van der Waals surface area (Å²) in [7, 11) is 0. The van der Waals surface area contributed by atoms with Gasteiger partial charge in [-0.1, -0.05) is 6.07 Å². The molecule has 0 radical (unpaired) electrons. The van der Waals surface area contributed by atoms with Crippen molar-refractivity contribution in [2.24, 2.45) is 0 Å². The highest BCUT2D eigenvalue weighted by Crippen LogP contribution is 2.30. The minimum absolute atomic E-state index is 0.0768. The van der Waals surface area contributed by atoms with Crippen molar-refractivity contribution in [2.75, 3.05) is 5.32 Å². The molecule has 4 nitrogen and oxygen atoms in total. The lowest BCUT2D eigenvalue weighted by Gasteiger charge is -2.09. The average Bonchev–Trinajstić information content (AvgIpc) is 3.01. The van der Waals surface area contributed by atoms with Crippen LogP contribution in [-0.4, -0.2) is 15.3 Å². The van der Waals surface area contributed by atoms with E-state index in [1.54, 1.807) is 10.6 Å². The molecule has 0 unspecified atom stereocenters. The van der Waals surface area contributed by atoms with Gasteiger partial charge in [0.2, 0.25) is 0 Å². The van der Waals surface area contributed by atoms with Crippen molar-refractivity contribution in [1.82, 2.24) is 9.38 Å². The van der Waals surface area contributed by atoms with Crippen molar-refractivity contribution in [3.05, 3.63) is 52.8 Å². The van der Waals surface area contributed by atoms with Crippen molar-refractivity contribution in [3.8, 4) is 0 Å². The lowest BCUT2D eigenvalue weighted by Crippen LogP contribution is -2.13. The molecule has 3 aromatic rings. The number of alkyl halides is 3. The summed E-state index contributed by atoms with van der Waals surface area (Å²) < 4.78 is 39.7. The average molecular weight is 325 g/mol. The van der Waals surface area contributed by atoms with Gasteiger partial charge in [-0.2, -0.15) is 13.2 Å². The number of benzene rings is 1. The molecule has 1 N–H and O–H groups in total. The fourth-order valence-electron chi connectivity index (χ4n) is 1.97. The van der Waals surface area contributed by atoms with Crippen LogP contribution in [0.5, 0.6) is 0 Å². The molecule has 0 aliphatic rings. The predicted octanol–water partition coefficient (Wildman–Crippen LogP) is 3.98. The fraction of sp³-hybridized carbons (Fsp3) is 0.143. The van der Waals surface area contributed by atoms with Gasteiger partial charge in [-0.25, -0.2) is 4.98 Å². The Labute approximate surface area is 127 Å². The van der Waals surface area contributed by atoms with Crippen molar-refractivity contribution < 1.29 is 18.0 Å². The Morgan fingerprint density at radius 2 is 2.14 bits per heavy atom. The van der Waals surface area contributed by atoms with E-state index in [9.17, 15) is 18.0 Å². The highest BCUT2D eigenvalue weighted by Gasteiger charge is 2.30. The van der Waals surface area contributed by atoms with Gasteiger partial charge in [0.15, 0.2) is 4.96 Å². The van der Waals surface area contributed by atoms with Crippen LogP contribution in [0.15, 0.2) is 35.8 Å². The second-order valence-electron chi connectivity index (χ2n) is 4.69. The lowest BCUT2D eigenvalue weighted by atomic mass is 10.2. The van der Waals surface area contributed by atoms with Crippen LogP contribution < -0.4 is 5.32 Å². The van der Waals surface area contributed by atoms with Gasteiger partial charge in [0.1, 0.15) is 5.69 Å². The van der Waals surface area contributed by atoms with E-state index >= 15 is 0 Å². The molecule has 0 bridgehead atoms. The zero-order valence-electron chi connectivity index (χ0n) is 11.3. The zero-order valence-corrected chi connectivity index (χ0v) is 12.1. The molecule has 0 saturated heterocycles. The number of carbonyl (C=O) groups is 1. The van der Waals surface area contributed by atoms with Gasteiger partial charge < -0.3 is 5.32 Å². The van der Waals surface area contributed by atoms with E-state index in [0.29, 0.717) is 4.96 Å². The van der Waals surface area contributed by atoms with Crippen LogP contribution in [0.1, 0.15) is 21.7 Å². The maximum Gasteiger partial charge on any atom is 0.416 e. The van der Waals surface area contributed by atoms with E-state index in [2.05, 4.69) is 10.3 Å². The van der Waals surface area contributed by atoms with Crippen molar-refractivity contribution in [1.29, 1.82) is 0 Å². The molecular formula is C14H10F3N3OS. The predicted molar refractivity (Wildman–Crippen MR) is 77.2 cm³/mol. The van der Waals surface area contributed by atoms with Gasteiger partial charge in [-0.15, -0.1) is 11.3 Å². The highest BCUT2D eigenvalue weighted by atomic mass is 32.1. The van der Waals surface area contributed by atoms with Crippen LogP contribution in [0.2, 0.25) is 0 Å². The number of rotatable bonds is 2. The van der Waals surface area contributed by atoms with E-state index in [0.717, 1.165) is 17.8 Å². The topological polar surface area (TPSA) is 46.4 Å². The Morgan fingerprint density at radius 3 is 2.82 bits per heavy atom. The molecule has 0 fully saturated rings. The minimum Gasteiger partial charge on any atom is -0.321 e. The molecule has 0 aliphatic heterocycles. The Morgan fingerprint density at radius 1 is 1.36 bits per heavy atom. The van der Waals surface area contributed by atoms with Crippen LogP contribution in [0.25, 0.3) is 4.96 Å². The molecule has 114 valence electrons. The Balaban J connectivity index is 1.84. The van der Waals surface area contributed by atoms with Gasteiger partial charge in [0, 0.05) is 23.0 Å². The first-order valence-corrected chi connectivity index (χ1v) is 7.14. The third kappa shape index (κ3) is 2.69. The number of nitrogens with zero attached hydrogens (tertiary/aromatic N) is 2. The van der Waals surface area contributed by atoms with Crippen LogP contribution >= 0.6 is 11.3 Å². The summed E-state index contributed by atoms with van der Waals surface area (Å²) in [5.74, 6) is -0.547. The number of aryl methyl sites for hydroxylation is 1. The SMILES string of the molecule is Cc1csc2nc(C(=O)Nc3cccc(C(F)(F)F)c3)cn12. The molecule has 0 atom stereocenters. The van der Waals surface area contributed by atoms with E-state index in [1.807, 2.05) is 12.3 Å². The van der Waals surface area contributed by atoms with Gasteiger partial charge in [0.05, 0.1) is 5.56 Å². The second-order valence-corrected chi connectivity index (χ2v) is 5.53. The third-order valence-electron chi connectivity index (χ3n) is 3.07.